The lowest BCUT2D eigenvalue weighted by molar-refractivity contribution is -0.138. The average molecular weight is 598 g/mol. The summed E-state index contributed by atoms with van der Waals surface area (Å²) in [5.41, 5.74) is 3.31. The summed E-state index contributed by atoms with van der Waals surface area (Å²) in [7, 11) is 1.17. The summed E-state index contributed by atoms with van der Waals surface area (Å²) in [4.78, 5) is 17.1. The molecule has 3 atom stereocenters. The van der Waals surface area contributed by atoms with Crippen LogP contribution in [0, 0.1) is 12.8 Å². The zero-order valence-electron chi connectivity index (χ0n) is 26.1. The molecule has 6 nitrogen and oxygen atoms in total. The van der Waals surface area contributed by atoms with E-state index in [1.807, 2.05) is 13.0 Å². The number of thiazole rings is 1. The molecule has 0 aliphatic carbocycles. The van der Waals surface area contributed by atoms with Crippen LogP contribution in [0.15, 0.2) is 48.7 Å². The smallest absolute Gasteiger partial charge is 0.311 e. The fourth-order valence-corrected chi connectivity index (χ4v) is 7.11. The number of benzene rings is 2. The van der Waals surface area contributed by atoms with Crippen LogP contribution in [0.25, 0.3) is 0 Å². The van der Waals surface area contributed by atoms with E-state index in [4.69, 9.17) is 18.9 Å². The number of carbonyl (C=O) groups is 1. The predicted octanol–water partition coefficient (Wildman–Crippen LogP) is 8.60. The first-order chi connectivity index (χ1) is 19.3. The Morgan fingerprint density at radius 2 is 1.68 bits per heavy atom. The van der Waals surface area contributed by atoms with Crippen molar-refractivity contribution in [3.8, 4) is 11.5 Å². The molecule has 8 heteroatoms. The summed E-state index contributed by atoms with van der Waals surface area (Å²) in [6, 6.07) is 14.8. The molecular formula is C33H47NO5SSi. The van der Waals surface area contributed by atoms with Gasteiger partial charge in [-0.1, -0.05) is 51.1 Å². The maximum absolute atomic E-state index is 11.6. The number of aromatic nitrogens is 1. The van der Waals surface area contributed by atoms with Gasteiger partial charge in [0.2, 0.25) is 0 Å². The molecule has 3 rings (SSSR count). The molecule has 0 saturated heterocycles. The number of rotatable bonds is 14. The third-order valence-corrected chi connectivity index (χ3v) is 14.1. The van der Waals surface area contributed by atoms with Gasteiger partial charge >= 0.3 is 5.97 Å². The van der Waals surface area contributed by atoms with Crippen LogP contribution >= 0.6 is 11.3 Å². The van der Waals surface area contributed by atoms with Gasteiger partial charge < -0.3 is 19.0 Å². The summed E-state index contributed by atoms with van der Waals surface area (Å²) in [6.07, 6.45) is 5.11. The molecule has 1 heterocycles. The summed E-state index contributed by atoms with van der Waals surface area (Å²) in [6.45, 7) is 15.1. The third kappa shape index (κ3) is 8.43. The lowest BCUT2D eigenvalue weighted by Crippen LogP contribution is -2.43. The van der Waals surface area contributed by atoms with Crippen molar-refractivity contribution in [3.63, 3.8) is 0 Å². The van der Waals surface area contributed by atoms with Gasteiger partial charge in [-0.25, -0.2) is 4.98 Å². The molecule has 0 aliphatic heterocycles. The van der Waals surface area contributed by atoms with Gasteiger partial charge in [0.15, 0.2) is 8.32 Å². The van der Waals surface area contributed by atoms with E-state index in [9.17, 15) is 9.90 Å². The first kappa shape index (κ1) is 32.8. The van der Waals surface area contributed by atoms with Gasteiger partial charge in [-0.15, -0.1) is 11.3 Å². The standard InChI is InChI=1S/C33H47NO5SSi/c1-22-27(37-6)18-26(19-28(22)38-7)31(39-41(8,9)33(3,4)5)25(17-13-16-24-14-11-10-12-15-24)20-30-34-21-29(40-30)23(2)32(35)36/h10-12,14-15,18-19,21,23,25,31H,13,16-17,20H2,1-9H3,(H,35,36)/t23?,25-,31-/m0/s1. The number of nitrogens with zero attached hydrogens (tertiary/aromatic N) is 1. The van der Waals surface area contributed by atoms with Crippen molar-refractivity contribution in [1.82, 2.24) is 4.98 Å². The number of aliphatic carboxylic acids is 1. The van der Waals surface area contributed by atoms with Gasteiger partial charge in [0.1, 0.15) is 11.5 Å². The number of hydrogen-bond donors (Lipinski definition) is 1. The number of carboxylic acids is 1. The van der Waals surface area contributed by atoms with E-state index in [1.54, 1.807) is 27.3 Å². The van der Waals surface area contributed by atoms with Crippen molar-refractivity contribution >= 4 is 25.6 Å². The second-order valence-corrected chi connectivity index (χ2v) is 18.3. The molecule has 1 aromatic heterocycles. The van der Waals surface area contributed by atoms with E-state index in [0.717, 1.165) is 51.8 Å². The topological polar surface area (TPSA) is 77.9 Å². The van der Waals surface area contributed by atoms with Crippen LogP contribution in [0.3, 0.4) is 0 Å². The second kappa shape index (κ2) is 14.0. The highest BCUT2D eigenvalue weighted by atomic mass is 32.1. The number of ether oxygens (including phenoxy) is 2. The fourth-order valence-electron chi connectivity index (χ4n) is 4.74. The van der Waals surface area contributed by atoms with Crippen molar-refractivity contribution in [2.24, 2.45) is 5.92 Å². The Balaban J connectivity index is 2.07. The maximum Gasteiger partial charge on any atom is 0.311 e. The largest absolute Gasteiger partial charge is 0.496 e. The third-order valence-electron chi connectivity index (χ3n) is 8.45. The second-order valence-electron chi connectivity index (χ2n) is 12.4. The van der Waals surface area contributed by atoms with Crippen molar-refractivity contribution in [2.75, 3.05) is 14.2 Å². The normalized spacial score (nSPS) is 14.4. The van der Waals surface area contributed by atoms with Gasteiger partial charge in [0.05, 0.1) is 31.2 Å². The monoisotopic (exact) mass is 597 g/mol. The minimum Gasteiger partial charge on any atom is -0.496 e. The number of hydrogen-bond acceptors (Lipinski definition) is 6. The molecule has 41 heavy (non-hydrogen) atoms. The van der Waals surface area contributed by atoms with Crippen molar-refractivity contribution in [2.45, 2.75) is 90.5 Å². The van der Waals surface area contributed by atoms with E-state index < -0.39 is 20.2 Å². The summed E-state index contributed by atoms with van der Waals surface area (Å²) in [5, 5.41) is 10.5. The zero-order chi connectivity index (χ0) is 30.4. The molecule has 224 valence electrons. The van der Waals surface area contributed by atoms with Crippen molar-refractivity contribution < 1.29 is 23.8 Å². The first-order valence-corrected chi connectivity index (χ1v) is 18.1. The lowest BCUT2D eigenvalue weighted by atomic mass is 9.87. The summed E-state index contributed by atoms with van der Waals surface area (Å²) >= 11 is 1.50. The van der Waals surface area contributed by atoms with Crippen molar-refractivity contribution in [1.29, 1.82) is 0 Å². The van der Waals surface area contributed by atoms with E-state index in [-0.39, 0.29) is 17.1 Å². The zero-order valence-corrected chi connectivity index (χ0v) is 27.9. The van der Waals surface area contributed by atoms with E-state index >= 15 is 0 Å². The number of methoxy groups -OCH3 is 2. The Morgan fingerprint density at radius 3 is 2.22 bits per heavy atom. The Morgan fingerprint density at radius 1 is 1.07 bits per heavy atom. The average Bonchev–Trinajstić information content (AvgIpc) is 3.39. The van der Waals surface area contributed by atoms with Gasteiger partial charge in [-0.2, -0.15) is 0 Å². The summed E-state index contributed by atoms with van der Waals surface area (Å²) < 4.78 is 18.8. The SMILES string of the molecule is COc1cc([C@@H](O[Si](C)(C)C(C)(C)C)[C@@H](CCCc2ccccc2)Cc2ncc(C(C)C(=O)O)s2)cc(OC)c1C. The van der Waals surface area contributed by atoms with Crippen LogP contribution in [0.4, 0.5) is 0 Å². The lowest BCUT2D eigenvalue weighted by Gasteiger charge is -2.42. The molecule has 3 aromatic rings. The van der Waals surface area contributed by atoms with Gasteiger partial charge in [-0.3, -0.25) is 4.79 Å². The van der Waals surface area contributed by atoms with Crippen LogP contribution in [0.5, 0.6) is 11.5 Å². The van der Waals surface area contributed by atoms with Crippen LogP contribution in [0.1, 0.15) is 79.1 Å². The molecule has 0 fully saturated rings. The molecule has 1 unspecified atom stereocenters. The molecule has 0 amide bonds. The Labute approximate surface area is 251 Å². The molecule has 2 aromatic carbocycles. The van der Waals surface area contributed by atoms with E-state index in [1.165, 1.54) is 16.9 Å². The summed E-state index contributed by atoms with van der Waals surface area (Å²) in [5.74, 6) is 0.250. The van der Waals surface area contributed by atoms with Crippen LogP contribution < -0.4 is 9.47 Å². The van der Waals surface area contributed by atoms with Gasteiger partial charge in [-0.05, 0) is 80.4 Å². The predicted molar refractivity (Wildman–Crippen MR) is 170 cm³/mol. The van der Waals surface area contributed by atoms with Crippen LogP contribution in [-0.4, -0.2) is 38.6 Å². The highest BCUT2D eigenvalue weighted by Gasteiger charge is 2.41. The fraction of sp³-hybridized carbons (Fsp3) is 0.515. The molecule has 0 aliphatic rings. The van der Waals surface area contributed by atoms with E-state index in [2.05, 4.69) is 70.3 Å². The first-order valence-electron chi connectivity index (χ1n) is 14.4. The highest BCUT2D eigenvalue weighted by molar-refractivity contribution is 7.11. The minimum atomic E-state index is -2.21. The van der Waals surface area contributed by atoms with Crippen molar-refractivity contribution in [3.05, 3.63) is 75.2 Å². The minimum absolute atomic E-state index is 0.0178. The Kier molecular flexibility index (Phi) is 11.2. The Hall–Kier alpha value is -2.68. The molecule has 1 N–H and O–H groups in total. The van der Waals surface area contributed by atoms with E-state index in [0.29, 0.717) is 6.42 Å². The maximum atomic E-state index is 11.6. The van der Waals surface area contributed by atoms with Gasteiger partial charge in [0.25, 0.3) is 0 Å². The number of aryl methyl sites for hydroxylation is 1. The number of carboxylic acid groups (broad SMARTS) is 1. The molecular weight excluding hydrogens is 551 g/mol. The van der Waals surface area contributed by atoms with Crippen LogP contribution in [0.2, 0.25) is 18.1 Å². The Bertz CT molecular complexity index is 1260. The molecule has 0 radical (unpaired) electrons. The molecule has 0 saturated carbocycles. The van der Waals surface area contributed by atoms with Crippen LogP contribution in [-0.2, 0) is 22.1 Å². The molecule has 0 bridgehead atoms. The highest BCUT2D eigenvalue weighted by Crippen LogP contribution is 2.45. The molecule has 0 spiro atoms. The quantitative estimate of drug-likeness (QED) is 0.188. The van der Waals surface area contributed by atoms with Gasteiger partial charge in [0, 0.05) is 23.1 Å².